The molecule has 0 aliphatic rings. The molecule has 0 saturated carbocycles. The third-order valence-electron chi connectivity index (χ3n) is 3.60. The topological polar surface area (TPSA) is 12.5 Å². The first-order valence-electron chi connectivity index (χ1n) is 5.95. The van der Waals surface area contributed by atoms with Crippen molar-refractivity contribution in [2.45, 2.75) is 51.9 Å². The third kappa shape index (κ3) is 4.40. The summed E-state index contributed by atoms with van der Waals surface area (Å²) in [6.45, 7) is 18.3. The molecule has 0 bridgehead atoms. The molecule has 0 amide bonds. The fraction of sp³-hybridized carbons (Fsp3) is 0.846. The summed E-state index contributed by atoms with van der Waals surface area (Å²) < 4.78 is 6.22. The maximum atomic E-state index is 6.22. The first kappa shape index (κ1) is 15.9. The lowest BCUT2D eigenvalue weighted by Crippen LogP contribution is -2.45. The van der Waals surface area contributed by atoms with Crippen LogP contribution in [0.3, 0.4) is 0 Å². The lowest BCUT2D eigenvalue weighted by molar-refractivity contribution is 0.195. The Labute approximate surface area is 103 Å². The molecule has 16 heavy (non-hydrogen) atoms. The number of rotatable bonds is 5. The van der Waals surface area contributed by atoms with Crippen LogP contribution < -0.4 is 0 Å². The van der Waals surface area contributed by atoms with Crippen LogP contribution >= 0.6 is 0 Å². The molecule has 1 atom stereocenters. The molecule has 0 aromatic rings. The van der Waals surface area contributed by atoms with Crippen LogP contribution in [0.1, 0.15) is 27.7 Å². The monoisotopic (exact) mass is 243 g/mol. The van der Waals surface area contributed by atoms with Crippen LogP contribution in [0.25, 0.3) is 0 Å². The van der Waals surface area contributed by atoms with Crippen LogP contribution in [-0.2, 0) is 4.43 Å². The zero-order valence-electron chi connectivity index (χ0n) is 12.3. The van der Waals surface area contributed by atoms with Crippen LogP contribution in [-0.4, -0.2) is 40.0 Å². The van der Waals surface area contributed by atoms with Gasteiger partial charge in [-0.1, -0.05) is 32.9 Å². The summed E-state index contributed by atoms with van der Waals surface area (Å²) >= 11 is 0. The molecule has 0 aliphatic heterocycles. The van der Waals surface area contributed by atoms with Gasteiger partial charge < -0.3 is 9.33 Å². The van der Waals surface area contributed by atoms with Crippen molar-refractivity contribution in [3.8, 4) is 0 Å². The largest absolute Gasteiger partial charge is 0.415 e. The van der Waals surface area contributed by atoms with E-state index in [9.17, 15) is 0 Å². The second-order valence-electron chi connectivity index (χ2n) is 6.40. The van der Waals surface area contributed by atoms with Gasteiger partial charge in [-0.05, 0) is 39.2 Å². The quantitative estimate of drug-likeness (QED) is 0.541. The second-order valence-corrected chi connectivity index (χ2v) is 11.2. The molecule has 3 heteroatoms. The molecule has 0 radical (unpaired) electrons. The van der Waals surface area contributed by atoms with Crippen molar-refractivity contribution in [2.75, 3.05) is 20.7 Å². The summed E-state index contributed by atoms with van der Waals surface area (Å²) in [7, 11) is 2.53. The van der Waals surface area contributed by atoms with Crippen molar-refractivity contribution < 1.29 is 4.43 Å². The van der Waals surface area contributed by atoms with Crippen LogP contribution in [0.15, 0.2) is 12.2 Å². The van der Waals surface area contributed by atoms with Crippen LogP contribution in [0.5, 0.6) is 0 Å². The van der Waals surface area contributed by atoms with Gasteiger partial charge in [-0.2, -0.15) is 0 Å². The Morgan fingerprint density at radius 1 is 1.31 bits per heavy atom. The first-order chi connectivity index (χ1) is 6.99. The van der Waals surface area contributed by atoms with Crippen molar-refractivity contribution in [2.24, 2.45) is 0 Å². The smallest absolute Gasteiger partial charge is 0.192 e. The van der Waals surface area contributed by atoms with E-state index in [0.717, 1.165) is 6.61 Å². The summed E-state index contributed by atoms with van der Waals surface area (Å²) in [6.07, 6.45) is 0. The minimum Gasteiger partial charge on any atom is -0.415 e. The van der Waals surface area contributed by atoms with Crippen LogP contribution in [0, 0.1) is 0 Å². The fourth-order valence-corrected chi connectivity index (χ4v) is 2.24. The van der Waals surface area contributed by atoms with Crippen molar-refractivity contribution in [1.29, 1.82) is 0 Å². The van der Waals surface area contributed by atoms with Gasteiger partial charge in [-0.15, -0.1) is 0 Å². The van der Waals surface area contributed by atoms with Crippen molar-refractivity contribution in [3.05, 3.63) is 12.2 Å². The SMILES string of the molecule is C=C(C)C(CO[Si](C)(C)C(C)(C)C)N(C)C. The van der Waals surface area contributed by atoms with Gasteiger partial charge in [0.15, 0.2) is 8.32 Å². The molecule has 2 nitrogen and oxygen atoms in total. The maximum absolute atomic E-state index is 6.22. The van der Waals surface area contributed by atoms with Crippen LogP contribution in [0.4, 0.5) is 0 Å². The molecule has 0 spiro atoms. The third-order valence-corrected chi connectivity index (χ3v) is 8.10. The van der Waals surface area contributed by atoms with E-state index < -0.39 is 8.32 Å². The average Bonchev–Trinajstić information content (AvgIpc) is 1.99. The van der Waals surface area contributed by atoms with Crippen molar-refractivity contribution in [3.63, 3.8) is 0 Å². The number of likely N-dealkylation sites (N-methyl/N-ethyl adjacent to an activating group) is 1. The standard InChI is InChI=1S/C13H29NOSi/c1-11(2)12(14(6)7)10-15-16(8,9)13(3,4)5/h12H,1,10H2,2-9H3. The molecule has 0 fully saturated rings. The molecule has 0 N–H and O–H groups in total. The summed E-state index contributed by atoms with van der Waals surface area (Å²) in [6, 6.07) is 0.328. The van der Waals surface area contributed by atoms with E-state index in [2.05, 4.69) is 66.4 Å². The van der Waals surface area contributed by atoms with Gasteiger partial charge in [0, 0.05) is 0 Å². The molecule has 0 aromatic carbocycles. The zero-order chi connectivity index (χ0) is 13.1. The van der Waals surface area contributed by atoms with Gasteiger partial charge in [0.05, 0.1) is 12.6 Å². The molecular formula is C13H29NOSi. The summed E-state index contributed by atoms with van der Waals surface area (Å²) in [5.41, 5.74) is 1.17. The minimum absolute atomic E-state index is 0.277. The van der Waals surface area contributed by atoms with Gasteiger partial charge in [-0.3, -0.25) is 0 Å². The summed E-state index contributed by atoms with van der Waals surface area (Å²) in [5.74, 6) is 0. The van der Waals surface area contributed by atoms with Crippen LogP contribution in [0.2, 0.25) is 18.1 Å². The normalized spacial score (nSPS) is 15.3. The zero-order valence-corrected chi connectivity index (χ0v) is 13.3. The Morgan fingerprint density at radius 2 is 1.75 bits per heavy atom. The van der Waals surface area contributed by atoms with E-state index in [1.54, 1.807) is 0 Å². The molecule has 0 aliphatic carbocycles. The Bertz CT molecular complexity index is 241. The number of hydrogen-bond acceptors (Lipinski definition) is 2. The van der Waals surface area contributed by atoms with E-state index in [-0.39, 0.29) is 5.04 Å². The van der Waals surface area contributed by atoms with E-state index in [1.807, 2.05) is 0 Å². The van der Waals surface area contributed by atoms with E-state index in [4.69, 9.17) is 4.43 Å². The summed E-state index contributed by atoms with van der Waals surface area (Å²) in [5, 5.41) is 0.277. The second kappa shape index (κ2) is 5.47. The number of nitrogens with zero attached hydrogens (tertiary/aromatic N) is 1. The van der Waals surface area contributed by atoms with Gasteiger partial charge >= 0.3 is 0 Å². The highest BCUT2D eigenvalue weighted by molar-refractivity contribution is 6.74. The average molecular weight is 243 g/mol. The first-order valence-corrected chi connectivity index (χ1v) is 8.85. The lowest BCUT2D eigenvalue weighted by Gasteiger charge is -2.38. The van der Waals surface area contributed by atoms with Gasteiger partial charge in [0.1, 0.15) is 0 Å². The molecular weight excluding hydrogens is 214 g/mol. The fourth-order valence-electron chi connectivity index (χ4n) is 1.24. The predicted molar refractivity (Wildman–Crippen MR) is 75.4 cm³/mol. The number of hydrogen-bond donors (Lipinski definition) is 0. The van der Waals surface area contributed by atoms with Gasteiger partial charge in [-0.25, -0.2) is 0 Å². The van der Waals surface area contributed by atoms with Gasteiger partial charge in [0.25, 0.3) is 0 Å². The minimum atomic E-state index is -1.63. The molecule has 0 rings (SSSR count). The summed E-state index contributed by atoms with van der Waals surface area (Å²) in [4.78, 5) is 2.18. The highest BCUT2D eigenvalue weighted by Gasteiger charge is 2.37. The lowest BCUT2D eigenvalue weighted by atomic mass is 10.1. The Hall–Kier alpha value is -0.123. The molecule has 1 unspecified atom stereocenters. The predicted octanol–water partition coefficient (Wildman–Crippen LogP) is 3.51. The molecule has 0 heterocycles. The Morgan fingerprint density at radius 3 is 2.00 bits per heavy atom. The Kier molecular flexibility index (Phi) is 5.43. The van der Waals surface area contributed by atoms with Crippen molar-refractivity contribution >= 4 is 8.32 Å². The molecule has 0 saturated heterocycles. The maximum Gasteiger partial charge on any atom is 0.192 e. The van der Waals surface area contributed by atoms with E-state index >= 15 is 0 Å². The van der Waals surface area contributed by atoms with E-state index in [0.29, 0.717) is 6.04 Å². The highest BCUT2D eigenvalue weighted by Crippen LogP contribution is 2.36. The molecule has 96 valence electrons. The van der Waals surface area contributed by atoms with E-state index in [1.165, 1.54) is 5.57 Å². The molecule has 0 aromatic heterocycles. The van der Waals surface area contributed by atoms with Crippen molar-refractivity contribution in [1.82, 2.24) is 4.90 Å². The Balaban J connectivity index is 4.48. The highest BCUT2D eigenvalue weighted by atomic mass is 28.4. The van der Waals surface area contributed by atoms with Gasteiger partial charge in [0.2, 0.25) is 0 Å².